The van der Waals surface area contributed by atoms with Crippen molar-refractivity contribution >= 4 is 11.9 Å². The summed E-state index contributed by atoms with van der Waals surface area (Å²) in [6.07, 6.45) is 0.312. The van der Waals surface area contributed by atoms with Crippen molar-refractivity contribution in [3.05, 3.63) is 35.4 Å². The highest BCUT2D eigenvalue weighted by Crippen LogP contribution is 2.07. The zero-order valence-corrected chi connectivity index (χ0v) is 10.4. The van der Waals surface area contributed by atoms with Crippen molar-refractivity contribution in [2.24, 2.45) is 5.73 Å². The summed E-state index contributed by atoms with van der Waals surface area (Å²) in [4.78, 5) is 22.3. The third kappa shape index (κ3) is 4.55. The summed E-state index contributed by atoms with van der Waals surface area (Å²) < 4.78 is 4.80. The molecule has 1 aromatic carbocycles. The predicted octanol–water partition coefficient (Wildman–Crippen LogP) is 0.828. The largest absolute Gasteiger partial charge is 0.466 e. The van der Waals surface area contributed by atoms with Gasteiger partial charge in [-0.05, 0) is 18.6 Å². The van der Waals surface area contributed by atoms with Crippen LogP contribution in [0.15, 0.2) is 24.3 Å². The molecule has 1 aromatic rings. The SMILES string of the molecule is CCOC(=O)CCNCc1ccccc1C(N)=O. The van der Waals surface area contributed by atoms with Crippen LogP contribution >= 0.6 is 0 Å². The fourth-order valence-electron chi connectivity index (χ4n) is 1.56. The van der Waals surface area contributed by atoms with Gasteiger partial charge in [-0.15, -0.1) is 0 Å². The second kappa shape index (κ2) is 7.45. The lowest BCUT2D eigenvalue weighted by atomic mass is 10.1. The molecule has 0 spiro atoms. The summed E-state index contributed by atoms with van der Waals surface area (Å²) in [5.41, 5.74) is 6.59. The lowest BCUT2D eigenvalue weighted by Crippen LogP contribution is -2.21. The standard InChI is InChI=1S/C13H18N2O3/c1-2-18-12(16)7-8-15-9-10-5-3-4-6-11(10)13(14)17/h3-6,15H,2,7-9H2,1H3,(H2,14,17). The van der Waals surface area contributed by atoms with Crippen molar-refractivity contribution < 1.29 is 14.3 Å². The maximum absolute atomic E-state index is 11.2. The molecule has 0 radical (unpaired) electrons. The Hall–Kier alpha value is -1.88. The van der Waals surface area contributed by atoms with Gasteiger partial charge in [-0.25, -0.2) is 0 Å². The van der Waals surface area contributed by atoms with Crippen molar-refractivity contribution in [1.29, 1.82) is 0 Å². The highest BCUT2D eigenvalue weighted by molar-refractivity contribution is 5.94. The summed E-state index contributed by atoms with van der Waals surface area (Å²) in [6, 6.07) is 7.12. The van der Waals surface area contributed by atoms with Crippen molar-refractivity contribution in [2.75, 3.05) is 13.2 Å². The van der Waals surface area contributed by atoms with Crippen LogP contribution in [0.25, 0.3) is 0 Å². The molecule has 0 saturated heterocycles. The maximum atomic E-state index is 11.2. The Bertz CT molecular complexity index is 418. The van der Waals surface area contributed by atoms with Crippen LogP contribution in [0.1, 0.15) is 29.3 Å². The van der Waals surface area contributed by atoms with Gasteiger partial charge in [0.15, 0.2) is 0 Å². The molecule has 0 saturated carbocycles. The number of nitrogens with two attached hydrogens (primary N) is 1. The van der Waals surface area contributed by atoms with E-state index in [9.17, 15) is 9.59 Å². The summed E-state index contributed by atoms with van der Waals surface area (Å²) in [5.74, 6) is -0.675. The van der Waals surface area contributed by atoms with Crippen molar-refractivity contribution in [3.8, 4) is 0 Å². The molecule has 0 aliphatic rings. The van der Waals surface area contributed by atoms with E-state index in [1.807, 2.05) is 12.1 Å². The molecule has 5 heteroatoms. The number of amides is 1. The van der Waals surface area contributed by atoms with E-state index in [0.29, 0.717) is 31.7 Å². The first-order chi connectivity index (χ1) is 8.65. The molecule has 1 rings (SSSR count). The second-order valence-electron chi connectivity index (χ2n) is 3.75. The van der Waals surface area contributed by atoms with Crippen LogP contribution in [0, 0.1) is 0 Å². The molecule has 1 amide bonds. The van der Waals surface area contributed by atoms with E-state index in [0.717, 1.165) is 5.56 Å². The lowest BCUT2D eigenvalue weighted by molar-refractivity contribution is -0.142. The zero-order chi connectivity index (χ0) is 13.4. The molecule has 0 atom stereocenters. The van der Waals surface area contributed by atoms with Crippen LogP contribution < -0.4 is 11.1 Å². The first-order valence-electron chi connectivity index (χ1n) is 5.89. The fourth-order valence-corrected chi connectivity index (χ4v) is 1.56. The molecule has 5 nitrogen and oxygen atoms in total. The lowest BCUT2D eigenvalue weighted by Gasteiger charge is -2.08. The molecule has 0 heterocycles. The monoisotopic (exact) mass is 250 g/mol. The van der Waals surface area contributed by atoms with E-state index in [1.54, 1.807) is 19.1 Å². The average Bonchev–Trinajstić information content (AvgIpc) is 2.35. The number of hydrogen-bond donors (Lipinski definition) is 2. The summed E-state index contributed by atoms with van der Waals surface area (Å²) in [7, 11) is 0. The van der Waals surface area contributed by atoms with E-state index in [4.69, 9.17) is 10.5 Å². The Morgan fingerprint density at radius 3 is 2.72 bits per heavy atom. The van der Waals surface area contributed by atoms with Gasteiger partial charge in [0.2, 0.25) is 5.91 Å². The van der Waals surface area contributed by atoms with E-state index in [2.05, 4.69) is 5.32 Å². The van der Waals surface area contributed by atoms with Gasteiger partial charge in [0.05, 0.1) is 13.0 Å². The van der Waals surface area contributed by atoms with Crippen LogP contribution in [-0.4, -0.2) is 25.0 Å². The Morgan fingerprint density at radius 1 is 1.33 bits per heavy atom. The van der Waals surface area contributed by atoms with Gasteiger partial charge in [-0.1, -0.05) is 18.2 Å². The van der Waals surface area contributed by atoms with Crippen LogP contribution in [-0.2, 0) is 16.1 Å². The predicted molar refractivity (Wildman–Crippen MR) is 67.9 cm³/mol. The van der Waals surface area contributed by atoms with Crippen molar-refractivity contribution in [3.63, 3.8) is 0 Å². The molecule has 0 bridgehead atoms. The number of nitrogens with one attached hydrogen (secondary N) is 1. The number of hydrogen-bond acceptors (Lipinski definition) is 4. The van der Waals surface area contributed by atoms with Crippen molar-refractivity contribution in [1.82, 2.24) is 5.32 Å². The smallest absolute Gasteiger partial charge is 0.307 e. The third-order valence-electron chi connectivity index (χ3n) is 2.41. The topological polar surface area (TPSA) is 81.4 Å². The minimum Gasteiger partial charge on any atom is -0.466 e. The second-order valence-corrected chi connectivity index (χ2v) is 3.75. The molecular weight excluding hydrogens is 232 g/mol. The van der Waals surface area contributed by atoms with Gasteiger partial charge in [0.25, 0.3) is 0 Å². The normalized spacial score (nSPS) is 10.1. The molecule has 0 aliphatic heterocycles. The minimum absolute atomic E-state index is 0.229. The van der Waals surface area contributed by atoms with E-state index in [1.165, 1.54) is 0 Å². The Labute approximate surface area is 106 Å². The molecule has 0 aromatic heterocycles. The number of rotatable bonds is 7. The van der Waals surface area contributed by atoms with Crippen LogP contribution in [0.2, 0.25) is 0 Å². The zero-order valence-electron chi connectivity index (χ0n) is 10.4. The fraction of sp³-hybridized carbons (Fsp3) is 0.385. The van der Waals surface area contributed by atoms with E-state index in [-0.39, 0.29) is 5.97 Å². The van der Waals surface area contributed by atoms with Gasteiger partial charge in [-0.2, -0.15) is 0 Å². The maximum Gasteiger partial charge on any atom is 0.307 e. The van der Waals surface area contributed by atoms with E-state index < -0.39 is 5.91 Å². The summed E-state index contributed by atoms with van der Waals surface area (Å²) in [5, 5.41) is 3.08. The molecule has 0 unspecified atom stereocenters. The van der Waals surface area contributed by atoms with Gasteiger partial charge in [-0.3, -0.25) is 9.59 Å². The number of esters is 1. The van der Waals surface area contributed by atoms with Gasteiger partial charge in [0.1, 0.15) is 0 Å². The van der Waals surface area contributed by atoms with Crippen LogP contribution in [0.3, 0.4) is 0 Å². The average molecular weight is 250 g/mol. The van der Waals surface area contributed by atoms with Gasteiger partial charge >= 0.3 is 5.97 Å². The molecule has 18 heavy (non-hydrogen) atoms. The van der Waals surface area contributed by atoms with Gasteiger partial charge < -0.3 is 15.8 Å². The Morgan fingerprint density at radius 2 is 2.06 bits per heavy atom. The molecule has 3 N–H and O–H groups in total. The summed E-state index contributed by atoms with van der Waals surface area (Å²) >= 11 is 0. The molecular formula is C13H18N2O3. The summed E-state index contributed by atoms with van der Waals surface area (Å²) in [6.45, 7) is 3.17. The quantitative estimate of drug-likeness (QED) is 0.554. The number of carbonyl (C=O) groups is 2. The van der Waals surface area contributed by atoms with E-state index >= 15 is 0 Å². The Kier molecular flexibility index (Phi) is 5.87. The molecule has 0 fully saturated rings. The number of primary amides is 1. The number of carbonyl (C=O) groups excluding carboxylic acids is 2. The minimum atomic E-state index is -0.446. The third-order valence-corrected chi connectivity index (χ3v) is 2.41. The van der Waals surface area contributed by atoms with Crippen molar-refractivity contribution in [2.45, 2.75) is 19.9 Å². The highest BCUT2D eigenvalue weighted by Gasteiger charge is 2.06. The first-order valence-corrected chi connectivity index (χ1v) is 5.89. The molecule has 98 valence electrons. The molecule has 0 aliphatic carbocycles. The van der Waals surface area contributed by atoms with Crippen LogP contribution in [0.4, 0.5) is 0 Å². The Balaban J connectivity index is 2.40. The number of benzene rings is 1. The number of ether oxygens (including phenoxy) is 1. The highest BCUT2D eigenvalue weighted by atomic mass is 16.5. The first kappa shape index (κ1) is 14.2. The van der Waals surface area contributed by atoms with Gasteiger partial charge in [0, 0.05) is 18.7 Å². The van der Waals surface area contributed by atoms with Crippen LogP contribution in [0.5, 0.6) is 0 Å².